The molecule has 4 heteroatoms. The summed E-state index contributed by atoms with van der Waals surface area (Å²) in [5, 5.41) is 1.68. The molecule has 0 radical (unpaired) electrons. The molecule has 0 bridgehead atoms. The smallest absolute Gasteiger partial charge is 0.0727 e. The van der Waals surface area contributed by atoms with Crippen LogP contribution >= 0.6 is 11.6 Å². The van der Waals surface area contributed by atoms with Crippen LogP contribution < -0.4 is 11.3 Å². The topological polar surface area (TPSA) is 50.9 Å². The van der Waals surface area contributed by atoms with Gasteiger partial charge in [0.15, 0.2) is 0 Å². The molecule has 18 heavy (non-hydrogen) atoms. The van der Waals surface area contributed by atoms with E-state index in [0.717, 1.165) is 22.3 Å². The van der Waals surface area contributed by atoms with Crippen molar-refractivity contribution in [2.75, 3.05) is 5.43 Å². The number of anilines is 1. The Morgan fingerprint density at radius 2 is 2.00 bits per heavy atom. The average molecular weight is 262 g/mol. The predicted octanol–water partition coefficient (Wildman–Crippen LogP) is 3.83. The lowest BCUT2D eigenvalue weighted by molar-refractivity contribution is 0.701. The Morgan fingerprint density at radius 3 is 2.72 bits per heavy atom. The Hall–Kier alpha value is -1.32. The molecule has 2 aromatic rings. The van der Waals surface area contributed by atoms with Crippen molar-refractivity contribution in [3.8, 4) is 0 Å². The van der Waals surface area contributed by atoms with Gasteiger partial charge in [0.25, 0.3) is 0 Å². The number of halogens is 1. The number of pyridine rings is 1. The number of hydrazine groups is 1. The van der Waals surface area contributed by atoms with Gasteiger partial charge in [-0.2, -0.15) is 0 Å². The highest BCUT2D eigenvalue weighted by atomic mass is 35.5. The van der Waals surface area contributed by atoms with Gasteiger partial charge in [-0.1, -0.05) is 24.4 Å². The van der Waals surface area contributed by atoms with Gasteiger partial charge in [0.1, 0.15) is 0 Å². The van der Waals surface area contributed by atoms with Crippen molar-refractivity contribution in [2.45, 2.75) is 31.6 Å². The Kier molecular flexibility index (Phi) is 3.10. The highest BCUT2D eigenvalue weighted by molar-refractivity contribution is 6.31. The third-order valence-electron chi connectivity index (χ3n) is 3.72. The maximum absolute atomic E-state index is 6.02. The normalized spacial score (nSPS) is 16.3. The summed E-state index contributed by atoms with van der Waals surface area (Å²) in [5.74, 6) is 6.19. The molecule has 1 fully saturated rings. The first-order chi connectivity index (χ1) is 8.78. The summed E-state index contributed by atoms with van der Waals surface area (Å²) in [6.45, 7) is 0. The number of hydrogen-bond acceptors (Lipinski definition) is 3. The number of benzene rings is 1. The number of nitrogen functional groups attached to an aromatic ring is 1. The second-order valence-corrected chi connectivity index (χ2v) is 5.32. The third kappa shape index (κ3) is 2.04. The van der Waals surface area contributed by atoms with E-state index in [1.807, 2.05) is 18.2 Å². The van der Waals surface area contributed by atoms with Gasteiger partial charge in [-0.25, -0.2) is 0 Å². The molecule has 3 nitrogen and oxygen atoms in total. The molecule has 94 valence electrons. The summed E-state index contributed by atoms with van der Waals surface area (Å²) in [6, 6.07) is 7.79. The molecule has 3 rings (SSSR count). The van der Waals surface area contributed by atoms with E-state index in [1.54, 1.807) is 0 Å². The lowest BCUT2D eigenvalue weighted by atomic mass is 10.0. The highest BCUT2D eigenvalue weighted by Crippen LogP contribution is 2.36. The van der Waals surface area contributed by atoms with Crippen molar-refractivity contribution in [3.63, 3.8) is 0 Å². The zero-order valence-electron chi connectivity index (χ0n) is 10.1. The van der Waals surface area contributed by atoms with Gasteiger partial charge in [-0.3, -0.25) is 10.8 Å². The number of nitrogens with one attached hydrogen (secondary N) is 1. The summed E-state index contributed by atoms with van der Waals surface area (Å²) >= 11 is 6.02. The van der Waals surface area contributed by atoms with E-state index in [1.165, 1.54) is 25.7 Å². The van der Waals surface area contributed by atoms with Gasteiger partial charge in [0.05, 0.1) is 11.2 Å². The van der Waals surface area contributed by atoms with Crippen LogP contribution in [-0.2, 0) is 0 Å². The number of fused-ring (bicyclic) bond motifs is 1. The van der Waals surface area contributed by atoms with Gasteiger partial charge in [-0.15, -0.1) is 0 Å². The van der Waals surface area contributed by atoms with Crippen LogP contribution in [0.25, 0.3) is 10.9 Å². The van der Waals surface area contributed by atoms with Crippen molar-refractivity contribution < 1.29 is 0 Å². The quantitative estimate of drug-likeness (QED) is 0.638. The second kappa shape index (κ2) is 4.75. The molecule has 0 amide bonds. The number of aromatic nitrogens is 1. The van der Waals surface area contributed by atoms with Crippen molar-refractivity contribution >= 4 is 28.2 Å². The fraction of sp³-hybridized carbons (Fsp3) is 0.357. The van der Waals surface area contributed by atoms with Crippen molar-refractivity contribution in [1.29, 1.82) is 0 Å². The number of hydrogen-bond donors (Lipinski definition) is 2. The minimum absolute atomic E-state index is 0.581. The number of rotatable bonds is 2. The molecule has 1 heterocycles. The lowest BCUT2D eigenvalue weighted by Gasteiger charge is -2.13. The van der Waals surface area contributed by atoms with Crippen LogP contribution in [0, 0.1) is 0 Å². The first-order valence-electron chi connectivity index (χ1n) is 6.35. The Balaban J connectivity index is 2.15. The van der Waals surface area contributed by atoms with Crippen LogP contribution in [0.15, 0.2) is 24.3 Å². The van der Waals surface area contributed by atoms with Gasteiger partial charge in [0, 0.05) is 22.0 Å². The molecule has 1 aliphatic rings. The summed E-state index contributed by atoms with van der Waals surface area (Å²) in [7, 11) is 0. The lowest BCUT2D eigenvalue weighted by Crippen LogP contribution is -2.09. The Morgan fingerprint density at radius 1 is 1.22 bits per heavy atom. The first kappa shape index (κ1) is 11.8. The molecule has 0 spiro atoms. The highest BCUT2D eigenvalue weighted by Gasteiger charge is 2.19. The molecule has 1 saturated carbocycles. The van der Waals surface area contributed by atoms with Gasteiger partial charge in [0.2, 0.25) is 0 Å². The molecule has 1 aromatic heterocycles. The van der Waals surface area contributed by atoms with E-state index >= 15 is 0 Å². The van der Waals surface area contributed by atoms with Crippen molar-refractivity contribution in [1.82, 2.24) is 4.98 Å². The van der Waals surface area contributed by atoms with Crippen molar-refractivity contribution in [2.24, 2.45) is 5.84 Å². The van der Waals surface area contributed by atoms with E-state index in [4.69, 9.17) is 22.4 Å². The van der Waals surface area contributed by atoms with Crippen LogP contribution in [0.1, 0.15) is 37.3 Å². The minimum atomic E-state index is 0.581. The molecule has 0 atom stereocenters. The molecule has 0 saturated heterocycles. The van der Waals surface area contributed by atoms with E-state index in [2.05, 4.69) is 11.5 Å². The largest absolute Gasteiger partial charge is 0.323 e. The van der Waals surface area contributed by atoms with Gasteiger partial charge >= 0.3 is 0 Å². The maximum Gasteiger partial charge on any atom is 0.0727 e. The zero-order valence-corrected chi connectivity index (χ0v) is 10.9. The first-order valence-corrected chi connectivity index (χ1v) is 6.72. The molecule has 1 aromatic carbocycles. The van der Waals surface area contributed by atoms with Crippen LogP contribution in [0.4, 0.5) is 5.69 Å². The van der Waals surface area contributed by atoms with Crippen molar-refractivity contribution in [3.05, 3.63) is 35.0 Å². The Bertz CT molecular complexity index is 577. The predicted molar refractivity (Wildman–Crippen MR) is 75.8 cm³/mol. The van der Waals surface area contributed by atoms with Gasteiger partial charge < -0.3 is 5.43 Å². The molecule has 0 aliphatic heterocycles. The van der Waals surface area contributed by atoms with Gasteiger partial charge in [-0.05, 0) is 37.1 Å². The fourth-order valence-electron chi connectivity index (χ4n) is 2.77. The molecule has 3 N–H and O–H groups in total. The zero-order chi connectivity index (χ0) is 12.5. The van der Waals surface area contributed by atoms with E-state index in [-0.39, 0.29) is 0 Å². The molecular weight excluding hydrogens is 246 g/mol. The summed E-state index contributed by atoms with van der Waals surface area (Å²) < 4.78 is 0. The summed E-state index contributed by atoms with van der Waals surface area (Å²) in [6.07, 6.45) is 5.07. The van der Waals surface area contributed by atoms with E-state index in [9.17, 15) is 0 Å². The third-order valence-corrected chi connectivity index (χ3v) is 3.95. The molecular formula is C14H16ClN3. The summed E-state index contributed by atoms with van der Waals surface area (Å²) in [4.78, 5) is 4.75. The van der Waals surface area contributed by atoms with E-state index < -0.39 is 0 Å². The summed E-state index contributed by atoms with van der Waals surface area (Å²) in [5.41, 5.74) is 5.77. The monoisotopic (exact) mass is 261 g/mol. The van der Waals surface area contributed by atoms with Crippen LogP contribution in [0.5, 0.6) is 0 Å². The fourth-order valence-corrected chi connectivity index (χ4v) is 2.94. The Labute approximate surface area is 111 Å². The molecule has 1 aliphatic carbocycles. The number of nitrogens with zero attached hydrogens (tertiary/aromatic N) is 1. The van der Waals surface area contributed by atoms with Crippen LogP contribution in [0.3, 0.4) is 0 Å². The molecule has 0 unspecified atom stereocenters. The second-order valence-electron chi connectivity index (χ2n) is 4.88. The standard InChI is InChI=1S/C14H16ClN3/c15-10-5-6-12-11(7-10)14(18-16)8-13(17-12)9-3-1-2-4-9/h5-9H,1-4,16H2,(H,17,18). The number of nitrogens with two attached hydrogens (primary N) is 1. The SMILES string of the molecule is NNc1cc(C2CCCC2)nc2ccc(Cl)cc12. The average Bonchev–Trinajstić information content (AvgIpc) is 2.91. The van der Waals surface area contributed by atoms with Crippen LogP contribution in [0.2, 0.25) is 5.02 Å². The maximum atomic E-state index is 6.02. The van der Waals surface area contributed by atoms with E-state index in [0.29, 0.717) is 10.9 Å². The minimum Gasteiger partial charge on any atom is -0.323 e. The van der Waals surface area contributed by atoms with Crippen LogP contribution in [-0.4, -0.2) is 4.98 Å².